The van der Waals surface area contributed by atoms with Gasteiger partial charge in [-0.3, -0.25) is 10.7 Å². The van der Waals surface area contributed by atoms with Crippen LogP contribution in [0.25, 0.3) is 10.9 Å². The number of nitrogens with zero attached hydrogens (tertiary/aromatic N) is 1. The zero-order valence-electron chi connectivity index (χ0n) is 19.0. The van der Waals surface area contributed by atoms with Gasteiger partial charge < -0.3 is 10.1 Å². The molecule has 1 atom stereocenters. The van der Waals surface area contributed by atoms with Crippen molar-refractivity contribution in [1.29, 1.82) is 0 Å². The number of rotatable bonds is 8. The van der Waals surface area contributed by atoms with Crippen LogP contribution in [0.4, 0.5) is 24.5 Å². The van der Waals surface area contributed by atoms with Crippen LogP contribution in [0.2, 0.25) is 0 Å². The molecule has 1 unspecified atom stereocenters. The van der Waals surface area contributed by atoms with Gasteiger partial charge in [0.2, 0.25) is 0 Å². The number of benzene rings is 3. The molecule has 7 heteroatoms. The minimum absolute atomic E-state index is 0.356. The fourth-order valence-corrected chi connectivity index (χ4v) is 3.88. The topological polar surface area (TPSA) is 60.2 Å². The second-order valence-corrected chi connectivity index (χ2v) is 8.26. The number of anilines is 2. The lowest BCUT2D eigenvalue weighted by Crippen LogP contribution is -2.28. The quantitative estimate of drug-likeness (QED) is 0.284. The minimum atomic E-state index is -1.17. The molecule has 0 spiro atoms. The third-order valence-electron chi connectivity index (χ3n) is 5.67. The predicted octanol–water partition coefficient (Wildman–Crippen LogP) is 6.70. The standard InChI is InChI=1S/C27H26F3N3O/c1-16-15-21(19-12-6-7-13-20(19)32-16)33-26-23(28)17(2)24(29)27(25(26)30)34-22(31)14-8-11-18-9-4-3-5-10-18/h3-7,9-10,12-13,15,22H,8,11,14,31H2,1-2H3,(H,32,33). The van der Waals surface area contributed by atoms with Gasteiger partial charge in [-0.25, -0.2) is 13.2 Å². The van der Waals surface area contributed by atoms with Gasteiger partial charge >= 0.3 is 0 Å². The van der Waals surface area contributed by atoms with E-state index in [1.54, 1.807) is 31.2 Å². The molecule has 0 aliphatic heterocycles. The van der Waals surface area contributed by atoms with E-state index in [1.807, 2.05) is 36.4 Å². The summed E-state index contributed by atoms with van der Waals surface area (Å²) in [6.07, 6.45) is 0.852. The molecule has 0 aliphatic rings. The van der Waals surface area contributed by atoms with E-state index < -0.39 is 35.1 Å². The second kappa shape index (κ2) is 10.1. The molecule has 4 rings (SSSR count). The maximum Gasteiger partial charge on any atom is 0.195 e. The summed E-state index contributed by atoms with van der Waals surface area (Å²) in [5, 5.41) is 3.47. The molecule has 34 heavy (non-hydrogen) atoms. The summed E-state index contributed by atoms with van der Waals surface area (Å²) in [7, 11) is 0. The van der Waals surface area contributed by atoms with Crippen molar-refractivity contribution in [1.82, 2.24) is 4.98 Å². The largest absolute Gasteiger partial charge is 0.469 e. The van der Waals surface area contributed by atoms with E-state index in [9.17, 15) is 8.78 Å². The van der Waals surface area contributed by atoms with E-state index in [0.717, 1.165) is 12.0 Å². The van der Waals surface area contributed by atoms with Gasteiger partial charge in [-0.2, -0.15) is 0 Å². The highest BCUT2D eigenvalue weighted by Gasteiger charge is 2.26. The number of aryl methyl sites for hydroxylation is 2. The zero-order chi connectivity index (χ0) is 24.2. The molecule has 3 aromatic carbocycles. The molecule has 4 aromatic rings. The molecule has 0 fully saturated rings. The zero-order valence-corrected chi connectivity index (χ0v) is 19.0. The minimum Gasteiger partial charge on any atom is -0.469 e. The first-order chi connectivity index (χ1) is 16.3. The molecule has 1 heterocycles. The van der Waals surface area contributed by atoms with Gasteiger partial charge in [-0.05, 0) is 50.8 Å². The van der Waals surface area contributed by atoms with Crippen molar-refractivity contribution in [2.75, 3.05) is 5.32 Å². The Hall–Kier alpha value is -3.58. The number of fused-ring (bicyclic) bond motifs is 1. The highest BCUT2D eigenvalue weighted by Crippen LogP contribution is 2.37. The average Bonchev–Trinajstić information content (AvgIpc) is 2.83. The maximum absolute atomic E-state index is 15.4. The average molecular weight is 466 g/mol. The highest BCUT2D eigenvalue weighted by molar-refractivity contribution is 5.93. The van der Waals surface area contributed by atoms with E-state index >= 15 is 4.39 Å². The van der Waals surface area contributed by atoms with Crippen molar-refractivity contribution < 1.29 is 17.9 Å². The monoisotopic (exact) mass is 465 g/mol. The Kier molecular flexibility index (Phi) is 7.03. The van der Waals surface area contributed by atoms with Crippen molar-refractivity contribution in [3.05, 3.63) is 94.9 Å². The van der Waals surface area contributed by atoms with Gasteiger partial charge in [0.1, 0.15) is 11.9 Å². The Morgan fingerprint density at radius 3 is 2.41 bits per heavy atom. The third-order valence-corrected chi connectivity index (χ3v) is 5.67. The Morgan fingerprint density at radius 2 is 1.65 bits per heavy atom. The van der Waals surface area contributed by atoms with Gasteiger partial charge in [0, 0.05) is 22.3 Å². The Morgan fingerprint density at radius 1 is 0.941 bits per heavy atom. The molecule has 176 valence electrons. The lowest BCUT2D eigenvalue weighted by Gasteiger charge is -2.20. The summed E-state index contributed by atoms with van der Waals surface area (Å²) in [5.74, 6) is -3.99. The number of halogens is 3. The molecule has 0 bridgehead atoms. The smallest absolute Gasteiger partial charge is 0.195 e. The number of pyridine rings is 1. The highest BCUT2D eigenvalue weighted by atomic mass is 19.1. The summed E-state index contributed by atoms with van der Waals surface area (Å²) >= 11 is 0. The molecular formula is C27H26F3N3O. The van der Waals surface area contributed by atoms with Crippen molar-refractivity contribution in [3.8, 4) is 5.75 Å². The molecule has 1 aromatic heterocycles. The first-order valence-corrected chi connectivity index (χ1v) is 11.1. The van der Waals surface area contributed by atoms with E-state index in [0.29, 0.717) is 35.1 Å². The van der Waals surface area contributed by atoms with E-state index in [4.69, 9.17) is 10.5 Å². The molecular weight excluding hydrogens is 439 g/mol. The van der Waals surface area contributed by atoms with Crippen molar-refractivity contribution >= 4 is 22.3 Å². The van der Waals surface area contributed by atoms with Crippen LogP contribution in [0.3, 0.4) is 0 Å². The second-order valence-electron chi connectivity index (χ2n) is 8.26. The SMILES string of the molecule is Cc1cc(Nc2c(F)c(C)c(F)c(OC(N)CCCc3ccccc3)c2F)c2ccccc2n1. The van der Waals surface area contributed by atoms with Gasteiger partial charge in [-0.1, -0.05) is 48.5 Å². The molecule has 0 aliphatic carbocycles. The van der Waals surface area contributed by atoms with E-state index in [2.05, 4.69) is 10.3 Å². The Labute approximate surface area is 196 Å². The van der Waals surface area contributed by atoms with Gasteiger partial charge in [-0.15, -0.1) is 0 Å². The lowest BCUT2D eigenvalue weighted by atomic mass is 10.1. The Bertz CT molecular complexity index is 1310. The van der Waals surface area contributed by atoms with E-state index in [-0.39, 0.29) is 5.56 Å². The molecule has 0 saturated heterocycles. The lowest BCUT2D eigenvalue weighted by molar-refractivity contribution is 0.178. The summed E-state index contributed by atoms with van der Waals surface area (Å²) in [5.41, 5.74) is 8.08. The molecule has 3 N–H and O–H groups in total. The first kappa shape index (κ1) is 23.6. The molecule has 4 nitrogen and oxygen atoms in total. The van der Waals surface area contributed by atoms with Crippen LogP contribution >= 0.6 is 0 Å². The molecule has 0 amide bonds. The van der Waals surface area contributed by atoms with Crippen molar-refractivity contribution in [2.45, 2.75) is 39.3 Å². The van der Waals surface area contributed by atoms with Crippen LogP contribution < -0.4 is 15.8 Å². The number of nitrogens with two attached hydrogens (primary N) is 1. The third kappa shape index (κ3) is 4.99. The normalized spacial score (nSPS) is 12.1. The first-order valence-electron chi connectivity index (χ1n) is 11.1. The van der Waals surface area contributed by atoms with Crippen molar-refractivity contribution in [2.24, 2.45) is 5.73 Å². The summed E-state index contributed by atoms with van der Waals surface area (Å²) < 4.78 is 50.6. The number of para-hydroxylation sites is 1. The molecule has 0 saturated carbocycles. The molecule has 0 radical (unpaired) electrons. The van der Waals surface area contributed by atoms with E-state index in [1.165, 1.54) is 6.92 Å². The number of ether oxygens (including phenoxy) is 1. The predicted molar refractivity (Wildman–Crippen MR) is 129 cm³/mol. The van der Waals surface area contributed by atoms with Crippen LogP contribution in [-0.2, 0) is 6.42 Å². The van der Waals surface area contributed by atoms with Gasteiger partial charge in [0.25, 0.3) is 0 Å². The van der Waals surface area contributed by atoms with Crippen LogP contribution in [0, 0.1) is 31.3 Å². The number of hydrogen-bond acceptors (Lipinski definition) is 4. The fourth-order valence-electron chi connectivity index (χ4n) is 3.88. The number of aromatic nitrogens is 1. The van der Waals surface area contributed by atoms with Crippen LogP contribution in [0.15, 0.2) is 60.7 Å². The van der Waals surface area contributed by atoms with Gasteiger partial charge in [0.05, 0.1) is 5.52 Å². The maximum atomic E-state index is 15.4. The fraction of sp³-hybridized carbons (Fsp3) is 0.222. The summed E-state index contributed by atoms with van der Waals surface area (Å²) in [4.78, 5) is 4.43. The number of hydrogen-bond donors (Lipinski definition) is 2. The Balaban J connectivity index is 1.59. The van der Waals surface area contributed by atoms with Crippen LogP contribution in [-0.4, -0.2) is 11.2 Å². The number of nitrogens with one attached hydrogen (secondary N) is 1. The van der Waals surface area contributed by atoms with Crippen molar-refractivity contribution in [3.63, 3.8) is 0 Å². The van der Waals surface area contributed by atoms with Gasteiger partial charge in [0.15, 0.2) is 23.2 Å². The van der Waals surface area contributed by atoms with Crippen LogP contribution in [0.5, 0.6) is 5.75 Å². The van der Waals surface area contributed by atoms with Crippen LogP contribution in [0.1, 0.15) is 29.7 Å². The summed E-state index contributed by atoms with van der Waals surface area (Å²) in [6, 6.07) is 18.7. The summed E-state index contributed by atoms with van der Waals surface area (Å²) in [6.45, 7) is 3.02.